The molecule has 4 heteroatoms. The number of hydrogen-bond acceptors (Lipinski definition) is 4. The van der Waals surface area contributed by atoms with Gasteiger partial charge in [-0.1, -0.05) is 13.3 Å². The number of nitrogen functional groups attached to an aromatic ring is 1. The van der Waals surface area contributed by atoms with Gasteiger partial charge in [0.15, 0.2) is 0 Å². The van der Waals surface area contributed by atoms with Crippen molar-refractivity contribution in [1.29, 1.82) is 0 Å². The Morgan fingerprint density at radius 3 is 2.89 bits per heavy atom. The summed E-state index contributed by atoms with van der Waals surface area (Å²) in [4.78, 5) is 12.1. The number of hydrogen-bond donors (Lipinski definition) is 2. The zero-order valence-electron chi connectivity index (χ0n) is 11.3. The zero-order chi connectivity index (χ0) is 13.8. The highest BCUT2D eigenvalue weighted by Gasteiger charge is 2.28. The lowest BCUT2D eigenvalue weighted by molar-refractivity contribution is 0.000469. The number of phenols is 1. The molecule has 0 saturated heterocycles. The van der Waals surface area contributed by atoms with E-state index in [9.17, 15) is 9.90 Å². The van der Waals surface area contributed by atoms with E-state index in [1.165, 1.54) is 18.6 Å². The molecule has 1 saturated carbocycles. The number of nitrogens with two attached hydrogens (primary N) is 1. The van der Waals surface area contributed by atoms with E-state index in [-0.39, 0.29) is 17.4 Å². The third-order valence-corrected chi connectivity index (χ3v) is 3.86. The Kier molecular flexibility index (Phi) is 4.30. The van der Waals surface area contributed by atoms with Crippen LogP contribution in [0, 0.1) is 5.92 Å². The summed E-state index contributed by atoms with van der Waals surface area (Å²) in [5.74, 6) is -0.126. The maximum absolute atomic E-state index is 12.1. The predicted octanol–water partition coefficient (Wildman–Crippen LogP) is 3.10. The Morgan fingerprint density at radius 2 is 2.16 bits per heavy atom. The summed E-state index contributed by atoms with van der Waals surface area (Å²) in [6.45, 7) is 2.12. The highest BCUT2D eigenvalue weighted by atomic mass is 16.5. The Morgan fingerprint density at radius 1 is 1.42 bits per heavy atom. The van der Waals surface area contributed by atoms with Gasteiger partial charge in [0.1, 0.15) is 17.4 Å². The molecule has 1 aliphatic carbocycles. The summed E-state index contributed by atoms with van der Waals surface area (Å²) in [6.07, 6.45) is 5.30. The third kappa shape index (κ3) is 3.19. The maximum Gasteiger partial charge on any atom is 0.342 e. The first-order chi connectivity index (χ1) is 9.11. The molecule has 0 aromatic heterocycles. The minimum Gasteiger partial charge on any atom is -0.507 e. The zero-order valence-corrected chi connectivity index (χ0v) is 11.3. The number of carbonyl (C=O) groups is 1. The Bertz CT molecular complexity index is 459. The van der Waals surface area contributed by atoms with Gasteiger partial charge in [-0.15, -0.1) is 0 Å². The largest absolute Gasteiger partial charge is 0.507 e. The lowest BCUT2D eigenvalue weighted by Gasteiger charge is -2.30. The van der Waals surface area contributed by atoms with E-state index in [4.69, 9.17) is 10.5 Å². The van der Waals surface area contributed by atoms with Crippen LogP contribution in [-0.4, -0.2) is 17.2 Å². The van der Waals surface area contributed by atoms with E-state index in [0.717, 1.165) is 25.7 Å². The van der Waals surface area contributed by atoms with Crippen molar-refractivity contribution >= 4 is 11.7 Å². The molecule has 0 aliphatic heterocycles. The lowest BCUT2D eigenvalue weighted by atomic mass is 9.85. The van der Waals surface area contributed by atoms with Gasteiger partial charge < -0.3 is 15.6 Å². The third-order valence-electron chi connectivity index (χ3n) is 3.86. The van der Waals surface area contributed by atoms with Gasteiger partial charge in [0.25, 0.3) is 0 Å². The monoisotopic (exact) mass is 263 g/mol. The number of anilines is 1. The number of phenolic OH excluding ortho intramolecular Hbond substituents is 1. The fraction of sp³-hybridized carbons (Fsp3) is 0.533. The van der Waals surface area contributed by atoms with Crippen molar-refractivity contribution in [3.63, 3.8) is 0 Å². The average molecular weight is 263 g/mol. The molecule has 1 fully saturated rings. The van der Waals surface area contributed by atoms with Crippen molar-refractivity contribution in [1.82, 2.24) is 0 Å². The second-order valence-electron chi connectivity index (χ2n) is 5.17. The first kappa shape index (κ1) is 13.7. The molecule has 0 amide bonds. The molecule has 0 spiro atoms. The molecule has 0 radical (unpaired) electrons. The van der Waals surface area contributed by atoms with E-state index in [1.807, 2.05) is 0 Å². The minimum atomic E-state index is -0.477. The molecule has 1 aliphatic rings. The predicted molar refractivity (Wildman–Crippen MR) is 74.0 cm³/mol. The molecular formula is C15H21NO3. The molecule has 0 bridgehead atoms. The van der Waals surface area contributed by atoms with Gasteiger partial charge in [0, 0.05) is 5.69 Å². The van der Waals surface area contributed by atoms with Gasteiger partial charge in [-0.05, 0) is 49.8 Å². The molecule has 2 unspecified atom stereocenters. The Labute approximate surface area is 113 Å². The van der Waals surface area contributed by atoms with Crippen LogP contribution in [0.15, 0.2) is 18.2 Å². The van der Waals surface area contributed by atoms with Crippen LogP contribution in [0.2, 0.25) is 0 Å². The van der Waals surface area contributed by atoms with Crippen molar-refractivity contribution < 1.29 is 14.6 Å². The molecule has 19 heavy (non-hydrogen) atoms. The number of esters is 1. The molecule has 104 valence electrons. The topological polar surface area (TPSA) is 72.5 Å². The smallest absolute Gasteiger partial charge is 0.342 e. The molecule has 1 aromatic carbocycles. The second kappa shape index (κ2) is 5.95. The fourth-order valence-electron chi connectivity index (χ4n) is 2.71. The number of rotatable bonds is 3. The summed E-state index contributed by atoms with van der Waals surface area (Å²) < 4.78 is 5.56. The number of ether oxygens (including phenoxy) is 1. The standard InChI is InChI=1S/C15H21NO3/c1-2-10-5-3-4-6-14(10)19-15(18)12-9-11(16)7-8-13(12)17/h7-10,14,17H,2-6,16H2,1H3. The number of carbonyl (C=O) groups excluding carboxylic acids is 1. The molecule has 2 atom stereocenters. The second-order valence-corrected chi connectivity index (χ2v) is 5.17. The van der Waals surface area contributed by atoms with Crippen LogP contribution in [-0.2, 0) is 4.74 Å². The average Bonchev–Trinajstić information content (AvgIpc) is 2.42. The van der Waals surface area contributed by atoms with Crippen LogP contribution in [0.4, 0.5) is 5.69 Å². The Balaban J connectivity index is 2.09. The Hall–Kier alpha value is -1.71. The molecule has 4 nitrogen and oxygen atoms in total. The molecule has 1 aromatic rings. The van der Waals surface area contributed by atoms with Crippen LogP contribution in [0.25, 0.3) is 0 Å². The lowest BCUT2D eigenvalue weighted by Crippen LogP contribution is -2.29. The molecule has 3 N–H and O–H groups in total. The number of aromatic hydroxyl groups is 1. The van der Waals surface area contributed by atoms with Crippen LogP contribution in [0.5, 0.6) is 5.75 Å². The van der Waals surface area contributed by atoms with Crippen molar-refractivity contribution in [2.75, 3.05) is 5.73 Å². The van der Waals surface area contributed by atoms with Gasteiger partial charge in [0.2, 0.25) is 0 Å². The number of benzene rings is 1. The van der Waals surface area contributed by atoms with E-state index < -0.39 is 5.97 Å². The molecule has 0 heterocycles. The highest BCUT2D eigenvalue weighted by Crippen LogP contribution is 2.30. The van der Waals surface area contributed by atoms with Crippen molar-refractivity contribution in [2.24, 2.45) is 5.92 Å². The van der Waals surface area contributed by atoms with Gasteiger partial charge >= 0.3 is 5.97 Å². The summed E-state index contributed by atoms with van der Waals surface area (Å²) in [5.41, 5.74) is 6.23. The van der Waals surface area contributed by atoms with Gasteiger partial charge in [-0.2, -0.15) is 0 Å². The summed E-state index contributed by atoms with van der Waals surface area (Å²) in [6, 6.07) is 4.44. The van der Waals surface area contributed by atoms with Crippen LogP contribution in [0.1, 0.15) is 49.4 Å². The first-order valence-electron chi connectivity index (χ1n) is 6.91. The van der Waals surface area contributed by atoms with Crippen LogP contribution >= 0.6 is 0 Å². The van der Waals surface area contributed by atoms with Crippen LogP contribution in [0.3, 0.4) is 0 Å². The van der Waals surface area contributed by atoms with Crippen molar-refractivity contribution in [3.8, 4) is 5.75 Å². The highest BCUT2D eigenvalue weighted by molar-refractivity contribution is 5.93. The maximum atomic E-state index is 12.1. The van der Waals surface area contributed by atoms with Crippen molar-refractivity contribution in [2.45, 2.75) is 45.1 Å². The van der Waals surface area contributed by atoms with E-state index in [1.54, 1.807) is 6.07 Å². The van der Waals surface area contributed by atoms with E-state index in [2.05, 4.69) is 6.92 Å². The van der Waals surface area contributed by atoms with Crippen LogP contribution < -0.4 is 5.73 Å². The van der Waals surface area contributed by atoms with Gasteiger partial charge in [0.05, 0.1) is 0 Å². The molecule has 2 rings (SSSR count). The van der Waals surface area contributed by atoms with Gasteiger partial charge in [-0.25, -0.2) is 4.79 Å². The summed E-state index contributed by atoms with van der Waals surface area (Å²) >= 11 is 0. The van der Waals surface area contributed by atoms with E-state index >= 15 is 0 Å². The minimum absolute atomic E-state index is 0.0351. The van der Waals surface area contributed by atoms with E-state index in [0.29, 0.717) is 11.6 Å². The quantitative estimate of drug-likeness (QED) is 0.499. The SMILES string of the molecule is CCC1CCCCC1OC(=O)c1cc(N)ccc1O. The first-order valence-corrected chi connectivity index (χ1v) is 6.91. The normalized spacial score (nSPS) is 23.0. The van der Waals surface area contributed by atoms with Crippen molar-refractivity contribution in [3.05, 3.63) is 23.8 Å². The van der Waals surface area contributed by atoms with Gasteiger partial charge in [-0.3, -0.25) is 0 Å². The molecular weight excluding hydrogens is 242 g/mol. The summed E-state index contributed by atoms with van der Waals surface area (Å²) in [7, 11) is 0. The summed E-state index contributed by atoms with van der Waals surface area (Å²) in [5, 5.41) is 9.70. The fourth-order valence-corrected chi connectivity index (χ4v) is 2.71.